The van der Waals surface area contributed by atoms with Gasteiger partial charge in [-0.3, -0.25) is 14.5 Å². The third-order valence-electron chi connectivity index (χ3n) is 4.59. The highest BCUT2D eigenvalue weighted by atomic mass is 32.2. The maximum Gasteiger partial charge on any atom is 0.263 e. The van der Waals surface area contributed by atoms with Crippen molar-refractivity contribution in [3.8, 4) is 0 Å². The quantitative estimate of drug-likeness (QED) is 0.564. The number of carbonyl (C=O) groups is 1. The summed E-state index contributed by atoms with van der Waals surface area (Å²) in [5, 5.41) is 2.72. The number of benzene rings is 2. The number of carbonyl (C=O) groups excluding carboxylic acids is 1. The molecule has 160 valence electrons. The predicted octanol–water partition coefficient (Wildman–Crippen LogP) is 0.479. The Balaban J connectivity index is 1.72. The highest BCUT2D eigenvalue weighted by Crippen LogP contribution is 2.22. The van der Waals surface area contributed by atoms with Crippen molar-refractivity contribution < 1.29 is 21.6 Å². The van der Waals surface area contributed by atoms with E-state index in [9.17, 15) is 21.6 Å². The fourth-order valence-electron chi connectivity index (χ4n) is 2.96. The molecule has 3 N–H and O–H groups in total. The van der Waals surface area contributed by atoms with Crippen LogP contribution in [0, 0.1) is 0 Å². The first kappa shape index (κ1) is 21.9. The zero-order valence-electron chi connectivity index (χ0n) is 16.4. The zero-order chi connectivity index (χ0) is 21.9. The molecular formula is C19H22N4O5S2. The maximum atomic E-state index is 12.5. The van der Waals surface area contributed by atoms with Gasteiger partial charge in [0.1, 0.15) is 11.9 Å². The minimum atomic E-state index is -3.68. The van der Waals surface area contributed by atoms with Gasteiger partial charge >= 0.3 is 0 Å². The van der Waals surface area contributed by atoms with Crippen molar-refractivity contribution in [1.82, 2.24) is 14.8 Å². The van der Waals surface area contributed by atoms with Gasteiger partial charge in [0.15, 0.2) is 0 Å². The van der Waals surface area contributed by atoms with Crippen molar-refractivity contribution in [2.24, 2.45) is 4.99 Å². The molecule has 1 heterocycles. The Morgan fingerprint density at radius 3 is 2.43 bits per heavy atom. The summed E-state index contributed by atoms with van der Waals surface area (Å²) in [4.78, 5) is 16.9. The van der Waals surface area contributed by atoms with Crippen LogP contribution in [0.5, 0.6) is 0 Å². The van der Waals surface area contributed by atoms with Gasteiger partial charge in [0.05, 0.1) is 10.6 Å². The van der Waals surface area contributed by atoms with Gasteiger partial charge in [-0.25, -0.2) is 21.6 Å². The monoisotopic (exact) mass is 450 g/mol. The minimum absolute atomic E-state index is 0.117. The van der Waals surface area contributed by atoms with Gasteiger partial charge in [-0.2, -0.15) is 0 Å². The molecule has 1 atom stereocenters. The molecule has 0 spiro atoms. The van der Waals surface area contributed by atoms with Crippen LogP contribution < -0.4 is 14.8 Å². The molecule has 0 unspecified atom stereocenters. The zero-order valence-corrected chi connectivity index (χ0v) is 18.0. The molecule has 1 aliphatic rings. The summed E-state index contributed by atoms with van der Waals surface area (Å²) in [5.41, 5.74) is 1.65. The number of hydrogen-bond donors (Lipinski definition) is 3. The fourth-order valence-corrected chi connectivity index (χ4v) is 5.03. The normalized spacial score (nSPS) is 17.2. The molecule has 1 amide bonds. The van der Waals surface area contributed by atoms with Gasteiger partial charge in [0.2, 0.25) is 15.9 Å². The SMILES string of the molecule is CNS(=O)(=O)Cc1ccccc1CNC(=O)[C@H](C)N=C1NS(=O)(=O)c2ccccc21. The number of nitrogens with zero attached hydrogens (tertiary/aromatic N) is 1. The Hall–Kier alpha value is -2.76. The molecule has 2 aromatic rings. The van der Waals surface area contributed by atoms with Gasteiger partial charge in [-0.15, -0.1) is 0 Å². The van der Waals surface area contributed by atoms with Crippen LogP contribution in [0.3, 0.4) is 0 Å². The number of nitrogens with one attached hydrogen (secondary N) is 3. The molecule has 0 radical (unpaired) electrons. The molecule has 0 aliphatic carbocycles. The van der Waals surface area contributed by atoms with Crippen molar-refractivity contribution >= 4 is 31.8 Å². The summed E-state index contributed by atoms with van der Waals surface area (Å²) in [6.07, 6.45) is 0. The Labute approximate surface area is 175 Å². The molecule has 2 aromatic carbocycles. The average Bonchev–Trinajstić information content (AvgIpc) is 2.97. The second kappa shape index (κ2) is 8.54. The third kappa shape index (κ3) is 4.86. The molecule has 30 heavy (non-hydrogen) atoms. The molecule has 0 saturated carbocycles. The van der Waals surface area contributed by atoms with E-state index in [1.165, 1.54) is 13.1 Å². The third-order valence-corrected chi connectivity index (χ3v) is 7.30. The Morgan fingerprint density at radius 2 is 1.73 bits per heavy atom. The molecule has 11 heteroatoms. The van der Waals surface area contributed by atoms with E-state index in [1.807, 2.05) is 0 Å². The number of hydrogen-bond acceptors (Lipinski definition) is 6. The summed E-state index contributed by atoms with van der Waals surface area (Å²) in [6.45, 7) is 1.67. The smallest absolute Gasteiger partial charge is 0.263 e. The van der Waals surface area contributed by atoms with Crippen LogP contribution in [-0.4, -0.2) is 41.7 Å². The molecule has 9 nitrogen and oxygen atoms in total. The van der Waals surface area contributed by atoms with E-state index in [0.717, 1.165) is 0 Å². The minimum Gasteiger partial charge on any atom is -0.350 e. The lowest BCUT2D eigenvalue weighted by Crippen LogP contribution is -2.34. The van der Waals surface area contributed by atoms with Gasteiger partial charge < -0.3 is 5.32 Å². The van der Waals surface area contributed by atoms with Gasteiger partial charge in [0, 0.05) is 12.1 Å². The number of rotatable bonds is 7. The Bertz CT molecular complexity index is 1210. The first-order valence-corrected chi connectivity index (χ1v) is 12.2. The van der Waals surface area contributed by atoms with E-state index >= 15 is 0 Å². The van der Waals surface area contributed by atoms with Crippen LogP contribution in [-0.2, 0) is 37.1 Å². The standard InChI is InChI=1S/C19H22N4O5S2/c1-13(22-18-16-9-5-6-10-17(16)30(27,28)23-18)19(24)21-11-14-7-3-4-8-15(14)12-29(25,26)20-2/h3-10,13,20H,11-12H2,1-2H3,(H,21,24)(H,22,23)/t13-/m0/s1. The largest absolute Gasteiger partial charge is 0.350 e. The summed E-state index contributed by atoms with van der Waals surface area (Å²) >= 11 is 0. The number of fused-ring (bicyclic) bond motifs is 1. The number of aliphatic imine (C=N–C) groups is 1. The topological polar surface area (TPSA) is 134 Å². The molecule has 3 rings (SSSR count). The van der Waals surface area contributed by atoms with Gasteiger partial charge in [-0.05, 0) is 37.2 Å². The van der Waals surface area contributed by atoms with Crippen LogP contribution in [0.2, 0.25) is 0 Å². The average molecular weight is 451 g/mol. The maximum absolute atomic E-state index is 12.5. The lowest BCUT2D eigenvalue weighted by atomic mass is 10.1. The van der Waals surface area contributed by atoms with E-state index in [2.05, 4.69) is 19.8 Å². The number of amidine groups is 1. The van der Waals surface area contributed by atoms with Crippen molar-refractivity contribution in [3.63, 3.8) is 0 Å². The predicted molar refractivity (Wildman–Crippen MR) is 113 cm³/mol. The van der Waals surface area contributed by atoms with Gasteiger partial charge in [-0.1, -0.05) is 36.4 Å². The molecular weight excluding hydrogens is 428 g/mol. The van der Waals surface area contributed by atoms with Crippen molar-refractivity contribution in [2.45, 2.75) is 30.2 Å². The summed E-state index contributed by atoms with van der Waals surface area (Å²) in [5.74, 6) is -0.502. The summed E-state index contributed by atoms with van der Waals surface area (Å²) in [7, 11) is -5.79. The summed E-state index contributed by atoms with van der Waals surface area (Å²) < 4.78 is 52.6. The van der Waals surface area contributed by atoms with Crippen LogP contribution in [0.25, 0.3) is 0 Å². The van der Waals surface area contributed by atoms with Gasteiger partial charge in [0.25, 0.3) is 10.0 Å². The van der Waals surface area contributed by atoms with E-state index < -0.39 is 32.0 Å². The molecule has 0 bridgehead atoms. The first-order chi connectivity index (χ1) is 14.1. The van der Waals surface area contributed by atoms with E-state index in [0.29, 0.717) is 16.7 Å². The lowest BCUT2D eigenvalue weighted by molar-refractivity contribution is -0.122. The lowest BCUT2D eigenvalue weighted by Gasteiger charge is -2.13. The van der Waals surface area contributed by atoms with Crippen molar-refractivity contribution in [1.29, 1.82) is 0 Å². The highest BCUT2D eigenvalue weighted by Gasteiger charge is 2.31. The second-order valence-electron chi connectivity index (χ2n) is 6.71. The van der Waals surface area contributed by atoms with E-state index in [-0.39, 0.29) is 23.0 Å². The first-order valence-electron chi connectivity index (χ1n) is 9.09. The number of sulfonamides is 2. The molecule has 0 aromatic heterocycles. The van der Waals surface area contributed by atoms with Crippen molar-refractivity contribution in [2.75, 3.05) is 7.05 Å². The molecule has 0 fully saturated rings. The van der Waals surface area contributed by atoms with Crippen LogP contribution in [0.1, 0.15) is 23.6 Å². The van der Waals surface area contributed by atoms with E-state index in [1.54, 1.807) is 49.4 Å². The highest BCUT2D eigenvalue weighted by molar-refractivity contribution is 7.90. The molecule has 0 saturated heterocycles. The van der Waals surface area contributed by atoms with Crippen molar-refractivity contribution in [3.05, 3.63) is 65.2 Å². The van der Waals surface area contributed by atoms with E-state index in [4.69, 9.17) is 0 Å². The van der Waals surface area contributed by atoms with Crippen LogP contribution in [0.4, 0.5) is 0 Å². The fraction of sp³-hybridized carbons (Fsp3) is 0.263. The Kier molecular flexibility index (Phi) is 6.25. The number of amides is 1. The molecule has 1 aliphatic heterocycles. The second-order valence-corrected chi connectivity index (χ2v) is 10.3. The van der Waals surface area contributed by atoms with Crippen LogP contribution in [0.15, 0.2) is 58.4 Å². The Morgan fingerprint density at radius 1 is 1.10 bits per heavy atom. The van der Waals surface area contributed by atoms with Crippen LogP contribution >= 0.6 is 0 Å². The summed E-state index contributed by atoms with van der Waals surface area (Å²) in [6, 6.07) is 12.4.